The minimum Gasteiger partial charge on any atom is -0.443 e. The molecule has 3 aliphatic rings. The number of hydrogen-bond acceptors (Lipinski definition) is 11. The van der Waals surface area contributed by atoms with Gasteiger partial charge in [0.2, 0.25) is 0 Å². The lowest BCUT2D eigenvalue weighted by molar-refractivity contribution is 0.0159. The lowest BCUT2D eigenvalue weighted by atomic mass is 9.90. The smallest absolute Gasteiger partial charge is 0.410 e. The molecule has 2 fully saturated rings. The zero-order chi connectivity index (χ0) is 43.1. The zero-order valence-corrected chi connectivity index (χ0v) is 35.6. The Hall–Kier alpha value is -7.28. The average Bonchev–Trinajstić information content (AvgIpc) is 3.28. The molecule has 0 aliphatic carbocycles. The molecular formula is C50H48N10O3. The van der Waals surface area contributed by atoms with E-state index < -0.39 is 5.60 Å². The third-order valence-electron chi connectivity index (χ3n) is 12.4. The van der Waals surface area contributed by atoms with Crippen molar-refractivity contribution in [3.63, 3.8) is 0 Å². The first kappa shape index (κ1) is 39.8. The van der Waals surface area contributed by atoms with E-state index in [0.29, 0.717) is 31.5 Å². The number of para-hydroxylation sites is 1. The van der Waals surface area contributed by atoms with Crippen molar-refractivity contribution in [2.24, 2.45) is 0 Å². The second-order valence-corrected chi connectivity index (χ2v) is 17.2. The van der Waals surface area contributed by atoms with Crippen molar-refractivity contribution in [1.29, 1.82) is 0 Å². The molecule has 7 aromatic rings. The fourth-order valence-electron chi connectivity index (χ4n) is 9.01. The molecule has 3 aliphatic heterocycles. The Labute approximate surface area is 365 Å². The number of ether oxygens (including phenoxy) is 1. The fraction of sp³-hybridized carbons (Fsp3) is 0.280. The molecule has 0 atom stereocenters. The number of benzene rings is 3. The number of anilines is 2. The van der Waals surface area contributed by atoms with Crippen LogP contribution >= 0.6 is 0 Å². The quantitative estimate of drug-likeness (QED) is 0.144. The van der Waals surface area contributed by atoms with Gasteiger partial charge in [-0.1, -0.05) is 48.5 Å². The van der Waals surface area contributed by atoms with Crippen molar-refractivity contribution < 1.29 is 14.3 Å². The third-order valence-corrected chi connectivity index (χ3v) is 12.4. The largest absolute Gasteiger partial charge is 0.443 e. The van der Waals surface area contributed by atoms with Crippen LogP contribution in [0, 0.1) is 0 Å². The van der Waals surface area contributed by atoms with Gasteiger partial charge in [0, 0.05) is 111 Å². The summed E-state index contributed by atoms with van der Waals surface area (Å²) >= 11 is 0. The van der Waals surface area contributed by atoms with Crippen LogP contribution in [0.3, 0.4) is 0 Å². The van der Waals surface area contributed by atoms with Crippen LogP contribution in [0.1, 0.15) is 65.1 Å². The molecule has 10 rings (SSSR count). The summed E-state index contributed by atoms with van der Waals surface area (Å²) in [4.78, 5) is 61.2. The molecule has 2 amide bonds. The SMILES string of the molecule is CNC(=O)c1cccc(-c2nccnc2C2CN(c3ccc4c(CC(C)(C)OC(=O)N5CC=C(c6nccnc6C6CN(c7ccc8ccccc8n7)C6)CC5)cccc4n3)C2)c1. The summed E-state index contributed by atoms with van der Waals surface area (Å²) in [7, 11) is 1.63. The number of hydrogen-bond donors (Lipinski definition) is 1. The number of fused-ring (bicyclic) bond motifs is 2. The van der Waals surface area contributed by atoms with Gasteiger partial charge >= 0.3 is 6.09 Å². The van der Waals surface area contributed by atoms with E-state index in [1.54, 1.807) is 42.8 Å². The van der Waals surface area contributed by atoms with Crippen LogP contribution in [0.5, 0.6) is 0 Å². The molecule has 3 aromatic carbocycles. The molecule has 63 heavy (non-hydrogen) atoms. The first-order chi connectivity index (χ1) is 30.7. The molecule has 7 heterocycles. The molecule has 2 saturated heterocycles. The number of carbonyl (C=O) groups is 2. The normalized spacial score (nSPS) is 15.8. The summed E-state index contributed by atoms with van der Waals surface area (Å²) in [6.45, 7) is 8.07. The van der Waals surface area contributed by atoms with Gasteiger partial charge in [-0.3, -0.25) is 24.7 Å². The third kappa shape index (κ3) is 8.02. The van der Waals surface area contributed by atoms with Gasteiger partial charge in [-0.05, 0) is 79.9 Å². The van der Waals surface area contributed by atoms with E-state index in [1.807, 2.05) is 62.4 Å². The fourth-order valence-corrected chi connectivity index (χ4v) is 9.01. The lowest BCUT2D eigenvalue weighted by Crippen LogP contribution is -2.46. The van der Waals surface area contributed by atoms with Gasteiger partial charge in [0.15, 0.2) is 0 Å². The number of nitrogens with zero attached hydrogens (tertiary/aromatic N) is 9. The van der Waals surface area contributed by atoms with Crippen LogP contribution in [-0.2, 0) is 11.2 Å². The highest BCUT2D eigenvalue weighted by atomic mass is 16.6. The zero-order valence-electron chi connectivity index (χ0n) is 35.6. The standard InChI is InChI=1S/C50H48N10O3/c1-50(2,63-49(62)58-24-18-33(19-25-58)44-46(54-22-20-52-44)37-28-59(29-37)42-16-14-32-8-4-5-12-40(32)56-42)27-36-11-7-13-41-39(36)15-17-43(57-41)60-30-38(31-60)47-45(53-21-23-55-47)34-9-6-10-35(26-34)48(61)51-3/h4-18,20-23,26,37-38H,19,24-25,27-31H2,1-3H3,(H,51,61). The Morgan fingerprint density at radius 1 is 0.730 bits per heavy atom. The predicted octanol–water partition coefficient (Wildman–Crippen LogP) is 7.84. The molecule has 316 valence electrons. The van der Waals surface area contributed by atoms with E-state index >= 15 is 0 Å². The molecule has 0 spiro atoms. The maximum atomic E-state index is 13.6. The van der Waals surface area contributed by atoms with Crippen LogP contribution in [0.2, 0.25) is 0 Å². The van der Waals surface area contributed by atoms with Crippen LogP contribution in [-0.4, -0.2) is 98.7 Å². The van der Waals surface area contributed by atoms with Crippen molar-refractivity contribution in [2.45, 2.75) is 44.1 Å². The number of aromatic nitrogens is 6. The minimum absolute atomic E-state index is 0.140. The molecular weight excluding hydrogens is 789 g/mol. The predicted molar refractivity (Wildman–Crippen MR) is 245 cm³/mol. The van der Waals surface area contributed by atoms with Crippen LogP contribution in [0.15, 0.2) is 122 Å². The van der Waals surface area contributed by atoms with Gasteiger partial charge in [0.25, 0.3) is 5.91 Å². The minimum atomic E-state index is -0.763. The molecule has 1 N–H and O–H groups in total. The Kier molecular flexibility index (Phi) is 10.5. The van der Waals surface area contributed by atoms with E-state index in [2.05, 4.69) is 62.6 Å². The molecule has 0 unspecified atom stereocenters. The van der Waals surface area contributed by atoms with Crippen LogP contribution in [0.4, 0.5) is 16.4 Å². The number of amides is 2. The maximum absolute atomic E-state index is 13.6. The van der Waals surface area contributed by atoms with Gasteiger partial charge in [-0.2, -0.15) is 0 Å². The molecule has 0 saturated carbocycles. The molecule has 4 aromatic heterocycles. The Morgan fingerprint density at radius 3 is 2.11 bits per heavy atom. The summed E-state index contributed by atoms with van der Waals surface area (Å²) in [5.74, 6) is 2.16. The average molecular weight is 837 g/mol. The van der Waals surface area contributed by atoms with Gasteiger partial charge < -0.3 is 24.8 Å². The molecule has 13 heteroatoms. The summed E-state index contributed by atoms with van der Waals surface area (Å²) in [5, 5.41) is 4.86. The Morgan fingerprint density at radius 2 is 1.38 bits per heavy atom. The summed E-state index contributed by atoms with van der Waals surface area (Å²) in [6, 6.07) is 30.2. The number of rotatable bonds is 10. The summed E-state index contributed by atoms with van der Waals surface area (Å²) < 4.78 is 6.21. The van der Waals surface area contributed by atoms with Crippen molar-refractivity contribution in [1.82, 2.24) is 40.1 Å². The Bertz CT molecular complexity index is 2900. The van der Waals surface area contributed by atoms with Gasteiger partial charge in [0.1, 0.15) is 17.2 Å². The number of carbonyl (C=O) groups excluding carboxylic acids is 2. The first-order valence-electron chi connectivity index (χ1n) is 21.6. The highest BCUT2D eigenvalue weighted by Gasteiger charge is 2.35. The van der Waals surface area contributed by atoms with E-state index in [4.69, 9.17) is 29.7 Å². The first-order valence-corrected chi connectivity index (χ1v) is 21.6. The van der Waals surface area contributed by atoms with Crippen LogP contribution < -0.4 is 15.1 Å². The summed E-state index contributed by atoms with van der Waals surface area (Å²) in [6.07, 6.45) is 9.92. The van der Waals surface area contributed by atoms with Crippen molar-refractivity contribution in [3.8, 4) is 11.3 Å². The van der Waals surface area contributed by atoms with Gasteiger partial charge in [-0.25, -0.2) is 14.8 Å². The monoisotopic (exact) mass is 836 g/mol. The second-order valence-electron chi connectivity index (χ2n) is 17.2. The van der Waals surface area contributed by atoms with E-state index in [1.165, 1.54) is 0 Å². The lowest BCUT2D eigenvalue weighted by Gasteiger charge is -2.40. The molecule has 0 radical (unpaired) electrons. The summed E-state index contributed by atoms with van der Waals surface area (Å²) in [5.41, 5.74) is 8.37. The maximum Gasteiger partial charge on any atom is 0.410 e. The molecule has 13 nitrogen and oxygen atoms in total. The highest BCUT2D eigenvalue weighted by Crippen LogP contribution is 2.37. The van der Waals surface area contributed by atoms with Crippen LogP contribution in [0.25, 0.3) is 38.6 Å². The van der Waals surface area contributed by atoms with Gasteiger partial charge in [0.05, 0.1) is 33.8 Å². The van der Waals surface area contributed by atoms with E-state index in [0.717, 1.165) is 99.1 Å². The second kappa shape index (κ2) is 16.5. The number of nitrogens with one attached hydrogen (secondary N) is 1. The van der Waals surface area contributed by atoms with Gasteiger partial charge in [-0.15, -0.1) is 0 Å². The van der Waals surface area contributed by atoms with Crippen molar-refractivity contribution in [2.75, 3.05) is 56.1 Å². The number of pyridine rings is 2. The van der Waals surface area contributed by atoms with E-state index in [-0.39, 0.29) is 23.8 Å². The topological polar surface area (TPSA) is 142 Å². The highest BCUT2D eigenvalue weighted by molar-refractivity contribution is 5.95. The molecule has 0 bridgehead atoms. The van der Waals surface area contributed by atoms with Crippen molar-refractivity contribution >= 4 is 51.0 Å². The van der Waals surface area contributed by atoms with Crippen molar-refractivity contribution in [3.05, 3.63) is 150 Å². The Balaban J connectivity index is 0.757. The van der Waals surface area contributed by atoms with E-state index in [9.17, 15) is 9.59 Å².